The van der Waals surface area contributed by atoms with E-state index in [0.29, 0.717) is 0 Å². The van der Waals surface area contributed by atoms with Gasteiger partial charge in [0.25, 0.3) is 0 Å². The first-order chi connectivity index (χ1) is 8.77. The number of thiocarbonyl (C=S) groups is 1. The maximum Gasteiger partial charge on any atom is 0.110 e. The van der Waals surface area contributed by atoms with Gasteiger partial charge in [-0.1, -0.05) is 19.8 Å². The highest BCUT2D eigenvalue weighted by atomic mass is 32.1. The second-order valence-electron chi connectivity index (χ2n) is 4.82. The molecule has 2 nitrogen and oxygen atoms in total. The van der Waals surface area contributed by atoms with Crippen LogP contribution in [0.25, 0.3) is 0 Å². The minimum absolute atomic E-state index is 0.114. The Hall–Kier alpha value is -1.01. The van der Waals surface area contributed by atoms with Crippen LogP contribution in [0.1, 0.15) is 48.6 Å². The van der Waals surface area contributed by atoms with E-state index in [1.807, 2.05) is 0 Å². The first-order valence-electron chi connectivity index (χ1n) is 6.32. The van der Waals surface area contributed by atoms with Crippen molar-refractivity contribution in [3.8, 4) is 6.07 Å². The van der Waals surface area contributed by atoms with Crippen LogP contribution >= 0.6 is 23.6 Å². The SMILES string of the molecule is CCc1c(C2(CN=C=S)CCCC2)csc1C#N. The van der Waals surface area contributed by atoms with Gasteiger partial charge in [-0.25, -0.2) is 4.99 Å². The summed E-state index contributed by atoms with van der Waals surface area (Å²) in [6.45, 7) is 2.85. The molecule has 1 aliphatic rings. The van der Waals surface area contributed by atoms with Crippen molar-refractivity contribution >= 4 is 28.7 Å². The Morgan fingerprint density at radius 1 is 1.50 bits per heavy atom. The molecule has 1 saturated carbocycles. The predicted molar refractivity (Wildman–Crippen MR) is 78.5 cm³/mol. The van der Waals surface area contributed by atoms with Crippen LogP contribution in [0.2, 0.25) is 0 Å². The zero-order valence-electron chi connectivity index (χ0n) is 10.5. The van der Waals surface area contributed by atoms with Gasteiger partial charge < -0.3 is 0 Å². The molecular weight excluding hydrogens is 260 g/mol. The van der Waals surface area contributed by atoms with E-state index in [4.69, 9.17) is 12.2 Å². The summed E-state index contributed by atoms with van der Waals surface area (Å²) in [5.74, 6) is 0. The van der Waals surface area contributed by atoms with Gasteiger partial charge in [-0.15, -0.1) is 11.3 Å². The number of isothiocyanates is 1. The standard InChI is InChI=1S/C14H16N2S2/c1-2-11-12(8-18-13(11)7-15)14(9-16-10-17)5-3-4-6-14/h8H,2-6,9H2,1H3. The minimum atomic E-state index is 0.114. The molecule has 0 radical (unpaired) electrons. The third-order valence-corrected chi connectivity index (χ3v) is 4.98. The van der Waals surface area contributed by atoms with Gasteiger partial charge in [-0.05, 0) is 48.0 Å². The summed E-state index contributed by atoms with van der Waals surface area (Å²) in [6.07, 6.45) is 5.72. The molecule has 0 N–H and O–H groups in total. The molecule has 0 spiro atoms. The lowest BCUT2D eigenvalue weighted by Crippen LogP contribution is -2.26. The lowest BCUT2D eigenvalue weighted by atomic mass is 9.77. The van der Waals surface area contributed by atoms with E-state index in [1.54, 1.807) is 11.3 Å². The first-order valence-corrected chi connectivity index (χ1v) is 7.61. The van der Waals surface area contributed by atoms with E-state index in [2.05, 4.69) is 28.5 Å². The fraction of sp³-hybridized carbons (Fsp3) is 0.571. The molecular formula is C14H16N2S2. The van der Waals surface area contributed by atoms with E-state index in [-0.39, 0.29) is 5.41 Å². The number of thiophene rings is 1. The zero-order chi connectivity index (χ0) is 13.0. The van der Waals surface area contributed by atoms with Gasteiger partial charge in [0.15, 0.2) is 0 Å². The van der Waals surface area contributed by atoms with Crippen LogP contribution in [-0.4, -0.2) is 11.7 Å². The molecule has 94 valence electrons. The van der Waals surface area contributed by atoms with Crippen LogP contribution < -0.4 is 0 Å². The molecule has 0 aliphatic heterocycles. The Bertz CT molecular complexity index is 512. The molecule has 0 saturated heterocycles. The molecule has 0 atom stereocenters. The fourth-order valence-electron chi connectivity index (χ4n) is 3.02. The summed E-state index contributed by atoms with van der Waals surface area (Å²) in [5.41, 5.74) is 2.69. The van der Waals surface area contributed by atoms with Gasteiger partial charge in [0, 0.05) is 5.41 Å². The maximum atomic E-state index is 9.17. The van der Waals surface area contributed by atoms with Crippen molar-refractivity contribution in [1.82, 2.24) is 0 Å². The molecule has 18 heavy (non-hydrogen) atoms. The summed E-state index contributed by atoms with van der Waals surface area (Å²) < 4.78 is 0. The van der Waals surface area contributed by atoms with Crippen molar-refractivity contribution in [1.29, 1.82) is 5.26 Å². The predicted octanol–water partition coefficient (Wildman–Crippen LogP) is 4.10. The van der Waals surface area contributed by atoms with Crippen LogP contribution in [0, 0.1) is 11.3 Å². The van der Waals surface area contributed by atoms with Gasteiger partial charge in [0.2, 0.25) is 0 Å². The van der Waals surface area contributed by atoms with Crippen LogP contribution in [0.5, 0.6) is 0 Å². The van der Waals surface area contributed by atoms with Crippen molar-refractivity contribution < 1.29 is 0 Å². The normalized spacial score (nSPS) is 17.1. The van der Waals surface area contributed by atoms with E-state index in [0.717, 1.165) is 30.7 Å². The molecule has 2 rings (SSSR count). The molecule has 4 heteroatoms. The number of rotatable bonds is 4. The lowest BCUT2D eigenvalue weighted by molar-refractivity contribution is 0.453. The van der Waals surface area contributed by atoms with Crippen LogP contribution in [-0.2, 0) is 11.8 Å². The van der Waals surface area contributed by atoms with Gasteiger partial charge in [-0.3, -0.25) is 0 Å². The van der Waals surface area contributed by atoms with Crippen molar-refractivity contribution in [3.63, 3.8) is 0 Å². The van der Waals surface area contributed by atoms with E-state index < -0.39 is 0 Å². The minimum Gasteiger partial charge on any atom is -0.232 e. The third kappa shape index (κ3) is 2.27. The molecule has 0 bridgehead atoms. The van der Waals surface area contributed by atoms with Crippen molar-refractivity contribution in [2.24, 2.45) is 4.99 Å². The second kappa shape index (κ2) is 5.75. The third-order valence-electron chi connectivity index (χ3n) is 3.93. The number of nitrogens with zero attached hydrogens (tertiary/aromatic N) is 2. The molecule has 1 fully saturated rings. The number of nitriles is 1. The first kappa shape index (κ1) is 13.4. The summed E-state index contributed by atoms with van der Waals surface area (Å²) in [4.78, 5) is 5.07. The molecule has 1 aromatic rings. The Balaban J connectivity index is 2.46. The second-order valence-corrected chi connectivity index (χ2v) is 5.88. The Labute approximate surface area is 117 Å². The van der Waals surface area contributed by atoms with Gasteiger partial charge in [0.05, 0.1) is 11.7 Å². The van der Waals surface area contributed by atoms with Gasteiger partial charge >= 0.3 is 0 Å². The molecule has 0 unspecified atom stereocenters. The van der Waals surface area contributed by atoms with Crippen molar-refractivity contribution in [2.75, 3.05) is 6.54 Å². The highest BCUT2D eigenvalue weighted by Crippen LogP contribution is 2.45. The highest BCUT2D eigenvalue weighted by molar-refractivity contribution is 7.78. The van der Waals surface area contributed by atoms with Crippen LogP contribution in [0.15, 0.2) is 10.4 Å². The van der Waals surface area contributed by atoms with Gasteiger partial charge in [0.1, 0.15) is 10.9 Å². The monoisotopic (exact) mass is 276 g/mol. The Kier molecular flexibility index (Phi) is 4.29. The van der Waals surface area contributed by atoms with Gasteiger partial charge in [-0.2, -0.15) is 5.26 Å². The summed E-state index contributed by atoms with van der Waals surface area (Å²) in [6, 6.07) is 2.32. The molecule has 0 aromatic carbocycles. The smallest absolute Gasteiger partial charge is 0.110 e. The van der Waals surface area contributed by atoms with Crippen LogP contribution in [0.3, 0.4) is 0 Å². The molecule has 0 amide bonds. The average Bonchev–Trinajstić information content (AvgIpc) is 3.02. The summed E-state index contributed by atoms with van der Waals surface area (Å²) in [5, 5.41) is 13.8. The summed E-state index contributed by atoms with van der Waals surface area (Å²) in [7, 11) is 0. The molecule has 1 aliphatic carbocycles. The number of aliphatic imine (C=N–C) groups is 1. The van der Waals surface area contributed by atoms with Crippen molar-refractivity contribution in [3.05, 3.63) is 21.4 Å². The molecule has 1 aromatic heterocycles. The molecule has 1 heterocycles. The van der Waals surface area contributed by atoms with E-state index in [1.165, 1.54) is 24.0 Å². The number of hydrogen-bond acceptors (Lipinski definition) is 4. The Morgan fingerprint density at radius 2 is 2.22 bits per heavy atom. The van der Waals surface area contributed by atoms with Crippen molar-refractivity contribution in [2.45, 2.75) is 44.4 Å². The quantitative estimate of drug-likeness (QED) is 0.613. The van der Waals surface area contributed by atoms with E-state index >= 15 is 0 Å². The Morgan fingerprint density at radius 3 is 2.78 bits per heavy atom. The maximum absolute atomic E-state index is 9.17. The summed E-state index contributed by atoms with van der Waals surface area (Å²) >= 11 is 6.28. The van der Waals surface area contributed by atoms with Crippen LogP contribution in [0.4, 0.5) is 0 Å². The topological polar surface area (TPSA) is 36.1 Å². The lowest BCUT2D eigenvalue weighted by Gasteiger charge is -2.27. The fourth-order valence-corrected chi connectivity index (χ4v) is 4.16. The number of hydrogen-bond donors (Lipinski definition) is 0. The van der Waals surface area contributed by atoms with E-state index in [9.17, 15) is 5.26 Å². The zero-order valence-corrected chi connectivity index (χ0v) is 12.2. The average molecular weight is 276 g/mol. The highest BCUT2D eigenvalue weighted by Gasteiger charge is 2.38. The largest absolute Gasteiger partial charge is 0.232 e.